The molecular formula is C12H25NO2. The van der Waals surface area contributed by atoms with Crippen LogP contribution in [0.25, 0.3) is 0 Å². The lowest BCUT2D eigenvalue weighted by Crippen LogP contribution is -2.35. The molecule has 0 aromatic rings. The number of hydrogen-bond acceptors (Lipinski definition) is 3. The first-order valence-corrected chi connectivity index (χ1v) is 6.04. The molecule has 0 aromatic heterocycles. The van der Waals surface area contributed by atoms with Crippen LogP contribution in [0.4, 0.5) is 0 Å². The molecule has 2 atom stereocenters. The van der Waals surface area contributed by atoms with Crippen molar-refractivity contribution in [2.75, 3.05) is 27.3 Å². The Bertz CT molecular complexity index is 160. The highest BCUT2D eigenvalue weighted by Crippen LogP contribution is 2.28. The van der Waals surface area contributed by atoms with Gasteiger partial charge in [-0.15, -0.1) is 0 Å². The molecule has 0 saturated heterocycles. The average Bonchev–Trinajstić information content (AvgIpc) is 2.27. The van der Waals surface area contributed by atoms with Crippen LogP contribution in [0.2, 0.25) is 0 Å². The maximum Gasteiger partial charge on any atom is 0.169 e. The van der Waals surface area contributed by atoms with Gasteiger partial charge in [-0.3, -0.25) is 0 Å². The molecule has 1 aliphatic rings. The second-order valence-corrected chi connectivity index (χ2v) is 4.58. The van der Waals surface area contributed by atoms with E-state index in [1.165, 1.54) is 25.7 Å². The molecule has 1 aliphatic carbocycles. The molecule has 0 spiro atoms. The molecule has 15 heavy (non-hydrogen) atoms. The van der Waals surface area contributed by atoms with E-state index in [0.29, 0.717) is 0 Å². The topological polar surface area (TPSA) is 30.5 Å². The zero-order chi connectivity index (χ0) is 11.1. The average molecular weight is 215 g/mol. The van der Waals surface area contributed by atoms with Gasteiger partial charge in [0.1, 0.15) is 0 Å². The van der Waals surface area contributed by atoms with E-state index < -0.39 is 0 Å². The van der Waals surface area contributed by atoms with Crippen molar-refractivity contribution >= 4 is 0 Å². The highest BCUT2D eigenvalue weighted by Gasteiger charge is 2.20. The minimum atomic E-state index is -0.108. The first-order chi connectivity index (χ1) is 7.27. The van der Waals surface area contributed by atoms with Crippen LogP contribution in [0.15, 0.2) is 0 Å². The van der Waals surface area contributed by atoms with Gasteiger partial charge in [0.15, 0.2) is 6.29 Å². The third-order valence-corrected chi connectivity index (χ3v) is 3.53. The molecule has 0 aliphatic heterocycles. The highest BCUT2D eigenvalue weighted by molar-refractivity contribution is 4.74. The molecule has 1 N–H and O–H groups in total. The van der Waals surface area contributed by atoms with Crippen LogP contribution < -0.4 is 5.32 Å². The smallest absolute Gasteiger partial charge is 0.169 e. The van der Waals surface area contributed by atoms with E-state index in [2.05, 4.69) is 12.2 Å². The number of ether oxygens (including phenoxy) is 2. The van der Waals surface area contributed by atoms with Crippen molar-refractivity contribution in [3.05, 3.63) is 0 Å². The minimum Gasteiger partial charge on any atom is -0.355 e. The van der Waals surface area contributed by atoms with Crippen LogP contribution in [0.1, 0.15) is 32.6 Å². The summed E-state index contributed by atoms with van der Waals surface area (Å²) in [5, 5.41) is 3.44. The molecule has 0 aromatic carbocycles. The standard InChI is InChI=1S/C12H25NO2/c1-10-6-4-5-7-11(10)8-13-9-12(14-2)15-3/h10-13H,4-9H2,1-3H3. The Kier molecular flexibility index (Phi) is 6.22. The van der Waals surface area contributed by atoms with Crippen LogP contribution in [-0.2, 0) is 9.47 Å². The van der Waals surface area contributed by atoms with E-state index in [0.717, 1.165) is 24.9 Å². The second-order valence-electron chi connectivity index (χ2n) is 4.58. The van der Waals surface area contributed by atoms with Gasteiger partial charge in [-0.25, -0.2) is 0 Å². The largest absolute Gasteiger partial charge is 0.355 e. The molecule has 2 unspecified atom stereocenters. The molecule has 3 heteroatoms. The van der Waals surface area contributed by atoms with Crippen molar-refractivity contribution in [2.45, 2.75) is 38.9 Å². The first-order valence-electron chi connectivity index (χ1n) is 6.04. The van der Waals surface area contributed by atoms with E-state index in [1.807, 2.05) is 0 Å². The predicted molar refractivity (Wildman–Crippen MR) is 61.8 cm³/mol. The van der Waals surface area contributed by atoms with Crippen LogP contribution in [0, 0.1) is 11.8 Å². The Morgan fingerprint density at radius 3 is 2.47 bits per heavy atom. The monoisotopic (exact) mass is 215 g/mol. The third-order valence-electron chi connectivity index (χ3n) is 3.53. The SMILES string of the molecule is COC(CNCC1CCCCC1C)OC. The van der Waals surface area contributed by atoms with E-state index in [-0.39, 0.29) is 6.29 Å². The molecule has 90 valence electrons. The maximum absolute atomic E-state index is 5.13. The maximum atomic E-state index is 5.13. The fourth-order valence-electron chi connectivity index (χ4n) is 2.35. The number of hydrogen-bond donors (Lipinski definition) is 1. The zero-order valence-electron chi connectivity index (χ0n) is 10.3. The van der Waals surface area contributed by atoms with Crippen molar-refractivity contribution in [2.24, 2.45) is 11.8 Å². The Morgan fingerprint density at radius 1 is 1.20 bits per heavy atom. The van der Waals surface area contributed by atoms with Crippen LogP contribution in [0.3, 0.4) is 0 Å². The van der Waals surface area contributed by atoms with Gasteiger partial charge in [-0.1, -0.05) is 26.2 Å². The van der Waals surface area contributed by atoms with Crippen LogP contribution in [-0.4, -0.2) is 33.6 Å². The summed E-state index contributed by atoms with van der Waals surface area (Å²) < 4.78 is 10.3. The summed E-state index contributed by atoms with van der Waals surface area (Å²) in [6.45, 7) is 4.26. The number of nitrogens with one attached hydrogen (secondary N) is 1. The van der Waals surface area contributed by atoms with Gasteiger partial charge < -0.3 is 14.8 Å². The van der Waals surface area contributed by atoms with E-state index in [1.54, 1.807) is 14.2 Å². The molecule has 0 radical (unpaired) electrons. The third kappa shape index (κ3) is 4.49. The van der Waals surface area contributed by atoms with Gasteiger partial charge >= 0.3 is 0 Å². The number of methoxy groups -OCH3 is 2. The fourth-order valence-corrected chi connectivity index (χ4v) is 2.35. The van der Waals surface area contributed by atoms with Crippen LogP contribution >= 0.6 is 0 Å². The molecule has 1 fully saturated rings. The van der Waals surface area contributed by atoms with Crippen LogP contribution in [0.5, 0.6) is 0 Å². The zero-order valence-corrected chi connectivity index (χ0v) is 10.3. The van der Waals surface area contributed by atoms with Crippen molar-refractivity contribution < 1.29 is 9.47 Å². The highest BCUT2D eigenvalue weighted by atomic mass is 16.7. The molecule has 1 saturated carbocycles. The Balaban J connectivity index is 2.12. The summed E-state index contributed by atoms with van der Waals surface area (Å²) >= 11 is 0. The summed E-state index contributed by atoms with van der Waals surface area (Å²) in [5.41, 5.74) is 0. The summed E-state index contributed by atoms with van der Waals surface area (Å²) in [6, 6.07) is 0. The van der Waals surface area contributed by atoms with E-state index >= 15 is 0 Å². The lowest BCUT2D eigenvalue weighted by Gasteiger charge is -2.29. The predicted octanol–water partition coefficient (Wildman–Crippen LogP) is 2.02. The summed E-state index contributed by atoms with van der Waals surface area (Å²) in [7, 11) is 3.36. The van der Waals surface area contributed by atoms with Crippen molar-refractivity contribution in [1.82, 2.24) is 5.32 Å². The normalized spacial score (nSPS) is 27.2. The van der Waals surface area contributed by atoms with Crippen molar-refractivity contribution in [3.8, 4) is 0 Å². The van der Waals surface area contributed by atoms with Gasteiger partial charge in [-0.05, 0) is 24.8 Å². The first kappa shape index (κ1) is 12.9. The summed E-state index contributed by atoms with van der Waals surface area (Å²) in [5.74, 6) is 1.71. The quantitative estimate of drug-likeness (QED) is 0.688. The minimum absolute atomic E-state index is 0.108. The van der Waals surface area contributed by atoms with Gasteiger partial charge in [0.05, 0.1) is 0 Å². The second kappa shape index (κ2) is 7.20. The van der Waals surface area contributed by atoms with Crippen molar-refractivity contribution in [1.29, 1.82) is 0 Å². The lowest BCUT2D eigenvalue weighted by atomic mass is 9.80. The molecule has 0 heterocycles. The fraction of sp³-hybridized carbons (Fsp3) is 1.00. The molecule has 3 nitrogen and oxygen atoms in total. The number of rotatable bonds is 6. The van der Waals surface area contributed by atoms with Gasteiger partial charge in [0.2, 0.25) is 0 Å². The van der Waals surface area contributed by atoms with Gasteiger partial charge in [-0.2, -0.15) is 0 Å². The van der Waals surface area contributed by atoms with E-state index in [9.17, 15) is 0 Å². The summed E-state index contributed by atoms with van der Waals surface area (Å²) in [6.07, 6.45) is 5.47. The Morgan fingerprint density at radius 2 is 1.87 bits per heavy atom. The van der Waals surface area contributed by atoms with Crippen molar-refractivity contribution in [3.63, 3.8) is 0 Å². The Labute approximate surface area is 93.5 Å². The van der Waals surface area contributed by atoms with E-state index in [4.69, 9.17) is 9.47 Å². The Hall–Kier alpha value is -0.120. The molecule has 0 bridgehead atoms. The van der Waals surface area contributed by atoms with Gasteiger partial charge in [0.25, 0.3) is 0 Å². The summed E-state index contributed by atoms with van der Waals surface area (Å²) in [4.78, 5) is 0. The lowest BCUT2D eigenvalue weighted by molar-refractivity contribution is -0.0992. The van der Waals surface area contributed by atoms with Gasteiger partial charge in [0, 0.05) is 20.8 Å². The molecule has 0 amide bonds. The molecule has 1 rings (SSSR count). The molecular weight excluding hydrogens is 190 g/mol.